The predicted molar refractivity (Wildman–Crippen MR) is 77.5 cm³/mol. The van der Waals surface area contributed by atoms with Crippen LogP contribution in [0.15, 0.2) is 0 Å². The van der Waals surface area contributed by atoms with Crippen molar-refractivity contribution < 1.29 is 8.85 Å². The van der Waals surface area contributed by atoms with Gasteiger partial charge < -0.3 is 8.85 Å². The first-order valence-electron chi connectivity index (χ1n) is 7.26. The van der Waals surface area contributed by atoms with E-state index < -0.39 is 8.56 Å². The third kappa shape index (κ3) is 7.95. The van der Waals surface area contributed by atoms with Gasteiger partial charge in [0.05, 0.1) is 0 Å². The Labute approximate surface area is 109 Å². The summed E-state index contributed by atoms with van der Waals surface area (Å²) >= 11 is 0. The molecule has 0 bridgehead atoms. The van der Waals surface area contributed by atoms with Crippen LogP contribution in [0.3, 0.4) is 0 Å². The van der Waals surface area contributed by atoms with Gasteiger partial charge in [-0.25, -0.2) is 0 Å². The van der Waals surface area contributed by atoms with Crippen molar-refractivity contribution in [2.75, 3.05) is 13.2 Å². The fraction of sp³-hybridized carbons (Fsp3) is 1.00. The summed E-state index contributed by atoms with van der Waals surface area (Å²) in [6.07, 6.45) is 4.81. The van der Waals surface area contributed by atoms with E-state index in [0.717, 1.165) is 13.2 Å². The Morgan fingerprint density at radius 3 is 1.24 bits per heavy atom. The molecule has 0 spiro atoms. The summed E-state index contributed by atoms with van der Waals surface area (Å²) in [6.45, 7) is 15.0. The van der Waals surface area contributed by atoms with E-state index in [1.54, 1.807) is 0 Å². The van der Waals surface area contributed by atoms with E-state index in [9.17, 15) is 0 Å². The van der Waals surface area contributed by atoms with Crippen LogP contribution in [0.5, 0.6) is 0 Å². The standard InChI is InChI=1S/C14H32O2Si/c1-7-13(8-2)11-15-17(5,6)16-12-14(9-3)10-4/h13-14H,7-12H2,1-6H3. The summed E-state index contributed by atoms with van der Waals surface area (Å²) in [7, 11) is -1.89. The van der Waals surface area contributed by atoms with Gasteiger partial charge in [-0.1, -0.05) is 53.4 Å². The Morgan fingerprint density at radius 2 is 1.00 bits per heavy atom. The second-order valence-corrected chi connectivity index (χ2v) is 8.76. The summed E-state index contributed by atoms with van der Waals surface area (Å²) in [6, 6.07) is 0. The summed E-state index contributed by atoms with van der Waals surface area (Å²) in [5, 5.41) is 0. The first-order chi connectivity index (χ1) is 7.99. The van der Waals surface area contributed by atoms with E-state index in [-0.39, 0.29) is 0 Å². The predicted octanol–water partition coefficient (Wildman–Crippen LogP) is 4.59. The van der Waals surface area contributed by atoms with Crippen LogP contribution in [0.1, 0.15) is 53.4 Å². The maximum absolute atomic E-state index is 6.03. The summed E-state index contributed by atoms with van der Waals surface area (Å²) in [4.78, 5) is 0. The lowest BCUT2D eigenvalue weighted by atomic mass is 10.1. The van der Waals surface area contributed by atoms with Gasteiger partial charge >= 0.3 is 8.56 Å². The number of rotatable bonds is 10. The molecule has 0 aromatic rings. The Kier molecular flexibility index (Phi) is 9.19. The second-order valence-electron chi connectivity index (χ2n) is 5.39. The van der Waals surface area contributed by atoms with E-state index in [0.29, 0.717) is 11.8 Å². The lowest BCUT2D eigenvalue weighted by molar-refractivity contribution is 0.130. The largest absolute Gasteiger partial charge is 0.394 e. The molecule has 0 atom stereocenters. The molecular formula is C14H32O2Si. The molecule has 0 amide bonds. The van der Waals surface area contributed by atoms with Crippen molar-refractivity contribution in [2.24, 2.45) is 11.8 Å². The molecule has 3 heteroatoms. The Balaban J connectivity index is 3.93. The average molecular weight is 260 g/mol. The van der Waals surface area contributed by atoms with Crippen molar-refractivity contribution in [3.8, 4) is 0 Å². The third-order valence-corrected chi connectivity index (χ3v) is 5.37. The minimum Gasteiger partial charge on any atom is -0.394 e. The van der Waals surface area contributed by atoms with Crippen molar-refractivity contribution in [1.82, 2.24) is 0 Å². The van der Waals surface area contributed by atoms with Gasteiger partial charge in [0.15, 0.2) is 0 Å². The molecule has 0 fully saturated rings. The molecule has 0 aliphatic heterocycles. The highest BCUT2D eigenvalue weighted by Crippen LogP contribution is 2.16. The Morgan fingerprint density at radius 1 is 0.706 bits per heavy atom. The lowest BCUT2D eigenvalue weighted by Gasteiger charge is -2.27. The van der Waals surface area contributed by atoms with Crippen LogP contribution in [0.4, 0.5) is 0 Å². The molecule has 0 aromatic carbocycles. The molecule has 0 saturated heterocycles. The topological polar surface area (TPSA) is 18.5 Å². The van der Waals surface area contributed by atoms with Crippen molar-refractivity contribution in [3.05, 3.63) is 0 Å². The van der Waals surface area contributed by atoms with Crippen LogP contribution in [0.2, 0.25) is 13.1 Å². The Bertz CT molecular complexity index is 157. The molecule has 0 radical (unpaired) electrons. The van der Waals surface area contributed by atoms with Crippen LogP contribution >= 0.6 is 0 Å². The van der Waals surface area contributed by atoms with Crippen LogP contribution < -0.4 is 0 Å². The fourth-order valence-electron chi connectivity index (χ4n) is 1.73. The first-order valence-corrected chi connectivity index (χ1v) is 10.1. The molecule has 0 saturated carbocycles. The van der Waals surface area contributed by atoms with E-state index in [2.05, 4.69) is 40.8 Å². The first kappa shape index (κ1) is 17.1. The number of hydrogen-bond donors (Lipinski definition) is 0. The minimum absolute atomic E-state index is 0.693. The van der Waals surface area contributed by atoms with E-state index >= 15 is 0 Å². The van der Waals surface area contributed by atoms with E-state index in [1.807, 2.05) is 0 Å². The highest BCUT2D eigenvalue weighted by Gasteiger charge is 2.26. The Hall–Kier alpha value is 0.137. The number of hydrogen-bond acceptors (Lipinski definition) is 2. The zero-order valence-corrected chi connectivity index (χ0v) is 13.7. The molecular weight excluding hydrogens is 228 g/mol. The zero-order valence-electron chi connectivity index (χ0n) is 12.7. The maximum Gasteiger partial charge on any atom is 0.331 e. The highest BCUT2D eigenvalue weighted by atomic mass is 28.4. The van der Waals surface area contributed by atoms with Gasteiger partial charge in [0.1, 0.15) is 0 Å². The molecule has 0 aliphatic carbocycles. The quantitative estimate of drug-likeness (QED) is 0.535. The van der Waals surface area contributed by atoms with E-state index in [4.69, 9.17) is 8.85 Å². The van der Waals surface area contributed by atoms with Gasteiger partial charge in [-0.2, -0.15) is 0 Å². The molecule has 0 unspecified atom stereocenters. The molecule has 0 rings (SSSR count). The van der Waals surface area contributed by atoms with Crippen molar-refractivity contribution in [3.63, 3.8) is 0 Å². The summed E-state index contributed by atoms with van der Waals surface area (Å²) in [5.41, 5.74) is 0. The van der Waals surface area contributed by atoms with Gasteiger partial charge in [0, 0.05) is 13.2 Å². The lowest BCUT2D eigenvalue weighted by Crippen LogP contribution is -2.38. The maximum atomic E-state index is 6.03. The van der Waals surface area contributed by atoms with Gasteiger partial charge in [0.25, 0.3) is 0 Å². The van der Waals surface area contributed by atoms with Gasteiger partial charge in [-0.3, -0.25) is 0 Å². The molecule has 2 nitrogen and oxygen atoms in total. The van der Waals surface area contributed by atoms with Crippen LogP contribution in [-0.2, 0) is 8.85 Å². The zero-order chi connectivity index (χ0) is 13.3. The normalized spacial score (nSPS) is 12.7. The van der Waals surface area contributed by atoms with Crippen molar-refractivity contribution in [2.45, 2.75) is 66.5 Å². The third-order valence-electron chi connectivity index (χ3n) is 3.64. The highest BCUT2D eigenvalue weighted by molar-refractivity contribution is 6.64. The average Bonchev–Trinajstić information content (AvgIpc) is 2.31. The minimum atomic E-state index is -1.89. The van der Waals surface area contributed by atoms with E-state index in [1.165, 1.54) is 25.7 Å². The van der Waals surface area contributed by atoms with Crippen LogP contribution in [0, 0.1) is 11.8 Å². The summed E-state index contributed by atoms with van der Waals surface area (Å²) in [5.74, 6) is 1.39. The summed E-state index contributed by atoms with van der Waals surface area (Å²) < 4.78 is 12.1. The molecule has 0 N–H and O–H groups in total. The second kappa shape index (κ2) is 9.12. The van der Waals surface area contributed by atoms with Crippen LogP contribution in [-0.4, -0.2) is 21.8 Å². The fourth-order valence-corrected chi connectivity index (χ4v) is 3.08. The van der Waals surface area contributed by atoms with Gasteiger partial charge in [-0.15, -0.1) is 0 Å². The van der Waals surface area contributed by atoms with Gasteiger partial charge in [0.2, 0.25) is 0 Å². The molecule has 104 valence electrons. The monoisotopic (exact) mass is 260 g/mol. The van der Waals surface area contributed by atoms with Crippen molar-refractivity contribution in [1.29, 1.82) is 0 Å². The molecule has 17 heavy (non-hydrogen) atoms. The smallest absolute Gasteiger partial charge is 0.331 e. The molecule has 0 aliphatic rings. The van der Waals surface area contributed by atoms with Crippen molar-refractivity contribution >= 4 is 8.56 Å². The molecule has 0 aromatic heterocycles. The van der Waals surface area contributed by atoms with Crippen LogP contribution in [0.25, 0.3) is 0 Å². The molecule has 0 heterocycles. The van der Waals surface area contributed by atoms with Gasteiger partial charge in [-0.05, 0) is 24.9 Å². The SMILES string of the molecule is CCC(CC)CO[Si](C)(C)OCC(CC)CC.